The summed E-state index contributed by atoms with van der Waals surface area (Å²) in [5, 5.41) is 5.38. The normalized spacial score (nSPS) is 10.6. The van der Waals surface area contributed by atoms with Crippen molar-refractivity contribution in [3.63, 3.8) is 0 Å². The van der Waals surface area contributed by atoms with Gasteiger partial charge in [-0.3, -0.25) is 5.14 Å². The number of fused-ring (bicyclic) bond motifs is 1. The van der Waals surface area contributed by atoms with Gasteiger partial charge in [0.2, 0.25) is 0 Å². The monoisotopic (exact) mass is 182 g/mol. The molecular weight excluding hydrogens is 176 g/mol. The molecule has 0 fully saturated rings. The molecule has 56 valence electrons. The fourth-order valence-corrected chi connectivity index (χ4v) is 2.21. The topological polar surface area (TPSA) is 38.9 Å². The van der Waals surface area contributed by atoms with Crippen molar-refractivity contribution >= 4 is 33.5 Å². The molecule has 2 N–H and O–H groups in total. The van der Waals surface area contributed by atoms with Gasteiger partial charge in [0.25, 0.3) is 0 Å². The summed E-state index contributed by atoms with van der Waals surface area (Å²) in [5.74, 6) is 0. The zero-order chi connectivity index (χ0) is 7.68. The summed E-state index contributed by atoms with van der Waals surface area (Å²) in [6.07, 6.45) is 0. The summed E-state index contributed by atoms with van der Waals surface area (Å²) in [4.78, 5) is 4.29. The maximum Gasteiger partial charge on any atom is 0.165 e. The summed E-state index contributed by atoms with van der Waals surface area (Å²) < 4.78 is 2.12. The third-order valence-corrected chi connectivity index (χ3v) is 3.04. The van der Waals surface area contributed by atoms with Crippen molar-refractivity contribution in [2.24, 2.45) is 5.14 Å². The Labute approximate surface area is 72.6 Å². The molecule has 0 unspecified atom stereocenters. The molecule has 0 spiro atoms. The van der Waals surface area contributed by atoms with Crippen LogP contribution in [-0.2, 0) is 0 Å². The van der Waals surface area contributed by atoms with Gasteiger partial charge in [-0.1, -0.05) is 12.1 Å². The van der Waals surface area contributed by atoms with E-state index in [1.54, 1.807) is 11.3 Å². The smallest absolute Gasteiger partial charge is 0.165 e. The Bertz CT molecular complexity index is 336. The van der Waals surface area contributed by atoms with E-state index in [1.807, 2.05) is 24.3 Å². The summed E-state index contributed by atoms with van der Waals surface area (Å²) in [7, 11) is 0. The van der Waals surface area contributed by atoms with Gasteiger partial charge in [-0.15, -0.1) is 11.3 Å². The van der Waals surface area contributed by atoms with Gasteiger partial charge in [-0.05, 0) is 24.1 Å². The molecule has 0 aliphatic heterocycles. The molecule has 0 bridgehead atoms. The molecule has 0 aliphatic carbocycles. The number of hydrogen-bond acceptors (Lipinski definition) is 4. The Balaban J connectivity index is 2.69. The van der Waals surface area contributed by atoms with Crippen molar-refractivity contribution < 1.29 is 0 Å². The largest absolute Gasteiger partial charge is 0.272 e. The summed E-state index contributed by atoms with van der Waals surface area (Å²) in [6, 6.07) is 8.02. The van der Waals surface area contributed by atoms with E-state index < -0.39 is 0 Å². The first-order valence-electron chi connectivity index (χ1n) is 3.12. The molecule has 1 aromatic heterocycles. The van der Waals surface area contributed by atoms with Gasteiger partial charge < -0.3 is 0 Å². The van der Waals surface area contributed by atoms with Crippen LogP contribution in [0.3, 0.4) is 0 Å². The van der Waals surface area contributed by atoms with Crippen molar-refractivity contribution in [3.8, 4) is 0 Å². The second-order valence-electron chi connectivity index (χ2n) is 2.07. The van der Waals surface area contributed by atoms with E-state index in [0.29, 0.717) is 0 Å². The van der Waals surface area contributed by atoms with Gasteiger partial charge in [0.05, 0.1) is 10.2 Å². The number of thiazole rings is 1. The predicted octanol–water partition coefficient (Wildman–Crippen LogP) is 2.26. The average Bonchev–Trinajstić information content (AvgIpc) is 2.46. The van der Waals surface area contributed by atoms with Crippen molar-refractivity contribution in [1.29, 1.82) is 0 Å². The summed E-state index contributed by atoms with van der Waals surface area (Å²) in [5.41, 5.74) is 1.03. The summed E-state index contributed by atoms with van der Waals surface area (Å²) in [6.45, 7) is 0. The van der Waals surface area contributed by atoms with Gasteiger partial charge in [-0.25, -0.2) is 4.98 Å². The first kappa shape index (κ1) is 7.09. The van der Waals surface area contributed by atoms with E-state index in [4.69, 9.17) is 5.14 Å². The number of hydrogen-bond donors (Lipinski definition) is 1. The Kier molecular flexibility index (Phi) is 1.81. The number of aromatic nitrogens is 1. The van der Waals surface area contributed by atoms with E-state index in [-0.39, 0.29) is 0 Å². The molecule has 0 atom stereocenters. The number of benzene rings is 1. The second-order valence-corrected chi connectivity index (χ2v) is 3.98. The molecule has 2 rings (SSSR count). The van der Waals surface area contributed by atoms with Crippen molar-refractivity contribution in [2.75, 3.05) is 0 Å². The molecule has 4 heteroatoms. The molecule has 0 aliphatic rings. The third kappa shape index (κ3) is 1.24. The lowest BCUT2D eigenvalue weighted by Gasteiger charge is -1.80. The Morgan fingerprint density at radius 1 is 1.36 bits per heavy atom. The highest BCUT2D eigenvalue weighted by Gasteiger charge is 1.99. The van der Waals surface area contributed by atoms with Crippen LogP contribution in [0.1, 0.15) is 0 Å². The fourth-order valence-electron chi connectivity index (χ4n) is 0.901. The lowest BCUT2D eigenvalue weighted by Crippen LogP contribution is -1.75. The summed E-state index contributed by atoms with van der Waals surface area (Å²) >= 11 is 2.83. The van der Waals surface area contributed by atoms with Crippen molar-refractivity contribution in [2.45, 2.75) is 4.34 Å². The van der Waals surface area contributed by atoms with Crippen LogP contribution in [0, 0.1) is 0 Å². The molecule has 1 heterocycles. The SMILES string of the molecule is NSc1nc2ccccc2s1. The van der Waals surface area contributed by atoms with E-state index in [2.05, 4.69) is 4.98 Å². The molecule has 0 amide bonds. The first-order chi connectivity index (χ1) is 5.40. The van der Waals surface area contributed by atoms with Crippen LogP contribution in [0.2, 0.25) is 0 Å². The van der Waals surface area contributed by atoms with Crippen LogP contribution >= 0.6 is 23.3 Å². The highest BCUT2D eigenvalue weighted by molar-refractivity contribution is 7.99. The first-order valence-corrected chi connectivity index (χ1v) is 4.82. The van der Waals surface area contributed by atoms with E-state index in [0.717, 1.165) is 9.86 Å². The molecule has 2 aromatic rings. The minimum absolute atomic E-state index is 0.922. The third-order valence-electron chi connectivity index (χ3n) is 1.38. The average molecular weight is 182 g/mol. The maximum absolute atomic E-state index is 5.38. The molecule has 1 aromatic carbocycles. The van der Waals surface area contributed by atoms with Gasteiger partial charge in [0.1, 0.15) is 0 Å². The standard InChI is InChI=1S/C7H6N2S2/c8-11-7-9-5-3-1-2-4-6(5)10-7/h1-4H,8H2. The van der Waals surface area contributed by atoms with E-state index in [1.165, 1.54) is 16.6 Å². The fraction of sp³-hybridized carbons (Fsp3) is 0. The molecule has 0 radical (unpaired) electrons. The molecule has 0 saturated heterocycles. The van der Waals surface area contributed by atoms with Crippen LogP contribution in [0.25, 0.3) is 10.2 Å². The quantitative estimate of drug-likeness (QED) is 0.687. The Morgan fingerprint density at radius 3 is 2.91 bits per heavy atom. The number of rotatable bonds is 1. The maximum atomic E-state index is 5.38. The minimum atomic E-state index is 0.922. The van der Waals surface area contributed by atoms with Gasteiger partial charge in [0.15, 0.2) is 4.34 Å². The van der Waals surface area contributed by atoms with Crippen LogP contribution in [0.5, 0.6) is 0 Å². The predicted molar refractivity (Wildman–Crippen MR) is 49.7 cm³/mol. The van der Waals surface area contributed by atoms with E-state index in [9.17, 15) is 0 Å². The number of para-hydroxylation sites is 1. The molecule has 2 nitrogen and oxygen atoms in total. The van der Waals surface area contributed by atoms with Crippen molar-refractivity contribution in [3.05, 3.63) is 24.3 Å². The zero-order valence-corrected chi connectivity index (χ0v) is 7.28. The van der Waals surface area contributed by atoms with Crippen LogP contribution < -0.4 is 5.14 Å². The van der Waals surface area contributed by atoms with Crippen molar-refractivity contribution in [1.82, 2.24) is 4.98 Å². The minimum Gasteiger partial charge on any atom is -0.272 e. The van der Waals surface area contributed by atoms with E-state index >= 15 is 0 Å². The number of nitrogens with two attached hydrogens (primary N) is 1. The highest BCUT2D eigenvalue weighted by Crippen LogP contribution is 2.25. The Morgan fingerprint density at radius 2 is 2.18 bits per heavy atom. The van der Waals surface area contributed by atoms with Gasteiger partial charge >= 0.3 is 0 Å². The molecule has 11 heavy (non-hydrogen) atoms. The second kappa shape index (κ2) is 2.81. The van der Waals surface area contributed by atoms with Crippen LogP contribution in [0.4, 0.5) is 0 Å². The lowest BCUT2D eigenvalue weighted by molar-refractivity contribution is 1.30. The lowest BCUT2D eigenvalue weighted by atomic mass is 10.3. The zero-order valence-electron chi connectivity index (χ0n) is 5.65. The molecular formula is C7H6N2S2. The van der Waals surface area contributed by atoms with Crippen LogP contribution in [0.15, 0.2) is 28.6 Å². The van der Waals surface area contributed by atoms with Gasteiger partial charge in [0, 0.05) is 0 Å². The van der Waals surface area contributed by atoms with Gasteiger partial charge in [-0.2, -0.15) is 0 Å². The number of nitrogens with zero attached hydrogens (tertiary/aromatic N) is 1. The molecule has 0 saturated carbocycles. The van der Waals surface area contributed by atoms with Crippen LogP contribution in [-0.4, -0.2) is 4.98 Å². The highest BCUT2D eigenvalue weighted by atomic mass is 32.2. The Hall–Kier alpha value is -0.580.